The monoisotopic (exact) mass is 434 g/mol. The van der Waals surface area contributed by atoms with Gasteiger partial charge < -0.3 is 24.5 Å². The van der Waals surface area contributed by atoms with Crippen molar-refractivity contribution in [1.29, 1.82) is 0 Å². The van der Waals surface area contributed by atoms with Gasteiger partial charge >= 0.3 is 0 Å². The maximum Gasteiger partial charge on any atom is 0.293 e. The van der Waals surface area contributed by atoms with Crippen LogP contribution in [0.1, 0.15) is 20.9 Å². The predicted molar refractivity (Wildman–Crippen MR) is 118 cm³/mol. The number of methoxy groups -OCH3 is 2. The molecule has 0 bridgehead atoms. The van der Waals surface area contributed by atoms with E-state index in [4.69, 9.17) is 13.9 Å². The summed E-state index contributed by atoms with van der Waals surface area (Å²) in [5.41, 5.74) is 0.741. The van der Waals surface area contributed by atoms with E-state index in [0.29, 0.717) is 16.7 Å². The summed E-state index contributed by atoms with van der Waals surface area (Å²) in [7, 11) is 2.89. The summed E-state index contributed by atoms with van der Waals surface area (Å²) in [4.78, 5) is 26.0. The summed E-state index contributed by atoms with van der Waals surface area (Å²) in [5.74, 6) is -1.37. The Balaban J connectivity index is 1.74. The number of nitrogens with one attached hydrogen (secondary N) is 2. The van der Waals surface area contributed by atoms with Crippen LogP contribution in [0.2, 0.25) is 0 Å². The minimum Gasteiger partial charge on any atom is -0.493 e. The van der Waals surface area contributed by atoms with Gasteiger partial charge in [0.1, 0.15) is 17.1 Å². The van der Waals surface area contributed by atoms with Gasteiger partial charge in [0, 0.05) is 5.39 Å². The third kappa shape index (κ3) is 3.85. The summed E-state index contributed by atoms with van der Waals surface area (Å²) in [5, 5.41) is 5.73. The van der Waals surface area contributed by atoms with E-state index in [1.54, 1.807) is 48.5 Å². The van der Waals surface area contributed by atoms with E-state index in [2.05, 4.69) is 10.6 Å². The molecule has 8 heteroatoms. The lowest BCUT2D eigenvalue weighted by Gasteiger charge is -2.13. The molecular formula is C24H19FN2O5. The minimum absolute atomic E-state index is 0.00954. The molecule has 0 saturated carbocycles. The van der Waals surface area contributed by atoms with Crippen molar-refractivity contribution in [2.24, 2.45) is 0 Å². The van der Waals surface area contributed by atoms with E-state index in [1.807, 2.05) is 0 Å². The Morgan fingerprint density at radius 3 is 2.34 bits per heavy atom. The number of para-hydroxylation sites is 3. The number of furan rings is 1. The number of rotatable bonds is 6. The molecule has 0 aliphatic heterocycles. The number of amides is 2. The van der Waals surface area contributed by atoms with Gasteiger partial charge in [-0.15, -0.1) is 0 Å². The molecule has 2 N–H and O–H groups in total. The number of fused-ring (bicyclic) bond motifs is 1. The van der Waals surface area contributed by atoms with Gasteiger partial charge in [0.05, 0.1) is 25.5 Å². The predicted octanol–water partition coefficient (Wildman–Crippen LogP) is 5.09. The van der Waals surface area contributed by atoms with Gasteiger partial charge in [0.2, 0.25) is 5.76 Å². The number of halogens is 1. The summed E-state index contributed by atoms with van der Waals surface area (Å²) in [6.45, 7) is 0. The van der Waals surface area contributed by atoms with Gasteiger partial charge in [-0.1, -0.05) is 30.3 Å². The first-order chi connectivity index (χ1) is 15.5. The van der Waals surface area contributed by atoms with Crippen molar-refractivity contribution >= 4 is 34.2 Å². The largest absolute Gasteiger partial charge is 0.493 e. The standard InChI is InChI=1S/C24H19FN2O5/c1-30-19-13-7-9-15(21(19)31-2)23(28)27-20-14-8-3-6-12-18(14)32-22(20)24(29)26-17-11-5-4-10-16(17)25/h3-13H,1-2H3,(H,26,29)(H,27,28). The molecule has 0 spiro atoms. The van der Waals surface area contributed by atoms with Crippen molar-refractivity contribution in [1.82, 2.24) is 0 Å². The molecule has 0 aliphatic rings. The van der Waals surface area contributed by atoms with Crippen LogP contribution in [0.4, 0.5) is 15.8 Å². The fourth-order valence-electron chi connectivity index (χ4n) is 3.32. The number of benzene rings is 3. The van der Waals surface area contributed by atoms with Crippen LogP contribution in [-0.2, 0) is 0 Å². The lowest BCUT2D eigenvalue weighted by molar-refractivity contribution is 0.0999. The molecule has 4 aromatic rings. The van der Waals surface area contributed by atoms with Crippen molar-refractivity contribution < 1.29 is 27.9 Å². The highest BCUT2D eigenvalue weighted by Crippen LogP contribution is 2.35. The molecule has 1 aromatic heterocycles. The highest BCUT2D eigenvalue weighted by molar-refractivity contribution is 6.17. The second kappa shape index (κ2) is 8.81. The molecule has 1 heterocycles. The van der Waals surface area contributed by atoms with Crippen molar-refractivity contribution in [3.8, 4) is 11.5 Å². The van der Waals surface area contributed by atoms with Crippen LogP contribution < -0.4 is 20.1 Å². The van der Waals surface area contributed by atoms with Crippen molar-refractivity contribution in [3.05, 3.63) is 83.9 Å². The van der Waals surface area contributed by atoms with Crippen LogP contribution in [0, 0.1) is 5.82 Å². The second-order valence-electron chi connectivity index (χ2n) is 6.73. The highest BCUT2D eigenvalue weighted by Gasteiger charge is 2.25. The summed E-state index contributed by atoms with van der Waals surface area (Å²) >= 11 is 0. The maximum absolute atomic E-state index is 14.0. The number of anilines is 2. The smallest absolute Gasteiger partial charge is 0.293 e. The number of carbonyl (C=O) groups is 2. The molecule has 0 radical (unpaired) electrons. The molecule has 0 unspecified atom stereocenters. The van der Waals surface area contributed by atoms with Crippen LogP contribution in [-0.4, -0.2) is 26.0 Å². The molecular weight excluding hydrogens is 415 g/mol. The Hall–Kier alpha value is -4.33. The first-order valence-corrected chi connectivity index (χ1v) is 9.63. The topological polar surface area (TPSA) is 89.8 Å². The second-order valence-corrected chi connectivity index (χ2v) is 6.73. The molecule has 2 amide bonds. The normalized spacial score (nSPS) is 10.6. The van der Waals surface area contributed by atoms with E-state index < -0.39 is 17.6 Å². The fourth-order valence-corrected chi connectivity index (χ4v) is 3.32. The average molecular weight is 434 g/mol. The maximum atomic E-state index is 14.0. The molecule has 0 saturated heterocycles. The Kier molecular flexibility index (Phi) is 5.76. The highest BCUT2D eigenvalue weighted by atomic mass is 19.1. The van der Waals surface area contributed by atoms with Crippen molar-refractivity contribution in [2.75, 3.05) is 24.9 Å². The molecule has 3 aromatic carbocycles. The van der Waals surface area contributed by atoms with Crippen LogP contribution in [0.3, 0.4) is 0 Å². The summed E-state index contributed by atoms with van der Waals surface area (Å²) < 4.78 is 30.3. The Bertz CT molecular complexity index is 1310. The van der Waals surface area contributed by atoms with Gasteiger partial charge in [-0.25, -0.2) is 4.39 Å². The minimum atomic E-state index is -0.709. The third-order valence-electron chi connectivity index (χ3n) is 4.81. The van der Waals surface area contributed by atoms with Gasteiger partial charge in [0.15, 0.2) is 11.5 Å². The van der Waals surface area contributed by atoms with Crippen molar-refractivity contribution in [3.63, 3.8) is 0 Å². The van der Waals surface area contributed by atoms with Gasteiger partial charge in [-0.05, 0) is 36.4 Å². The molecule has 0 atom stereocenters. The zero-order valence-corrected chi connectivity index (χ0v) is 17.3. The average Bonchev–Trinajstić information content (AvgIpc) is 3.18. The number of carbonyl (C=O) groups excluding carboxylic acids is 2. The first-order valence-electron chi connectivity index (χ1n) is 9.63. The summed E-state index contributed by atoms with van der Waals surface area (Å²) in [6, 6.07) is 17.5. The summed E-state index contributed by atoms with van der Waals surface area (Å²) in [6.07, 6.45) is 0. The fraction of sp³-hybridized carbons (Fsp3) is 0.0833. The van der Waals surface area contributed by atoms with E-state index in [1.165, 1.54) is 32.4 Å². The number of hydrogen-bond acceptors (Lipinski definition) is 5. The van der Waals surface area contributed by atoms with Gasteiger partial charge in [-0.3, -0.25) is 9.59 Å². The Morgan fingerprint density at radius 1 is 0.844 bits per heavy atom. The lowest BCUT2D eigenvalue weighted by atomic mass is 10.1. The molecule has 32 heavy (non-hydrogen) atoms. The van der Waals surface area contributed by atoms with Crippen LogP contribution >= 0.6 is 0 Å². The van der Waals surface area contributed by atoms with Crippen LogP contribution in [0.25, 0.3) is 11.0 Å². The Labute approximate surface area is 182 Å². The van der Waals surface area contributed by atoms with E-state index >= 15 is 0 Å². The third-order valence-corrected chi connectivity index (χ3v) is 4.81. The SMILES string of the molecule is COc1cccc(C(=O)Nc2c(C(=O)Nc3ccccc3F)oc3ccccc23)c1OC. The molecule has 162 valence electrons. The molecule has 7 nitrogen and oxygen atoms in total. The van der Waals surface area contributed by atoms with Gasteiger partial charge in [0.25, 0.3) is 11.8 Å². The molecule has 0 aliphatic carbocycles. The van der Waals surface area contributed by atoms with Gasteiger partial charge in [-0.2, -0.15) is 0 Å². The number of ether oxygens (including phenoxy) is 2. The lowest BCUT2D eigenvalue weighted by Crippen LogP contribution is -2.18. The van der Waals surface area contributed by atoms with E-state index in [9.17, 15) is 14.0 Å². The van der Waals surface area contributed by atoms with Crippen LogP contribution in [0.5, 0.6) is 11.5 Å². The zero-order chi connectivity index (χ0) is 22.7. The van der Waals surface area contributed by atoms with Crippen molar-refractivity contribution in [2.45, 2.75) is 0 Å². The number of hydrogen-bond donors (Lipinski definition) is 2. The molecule has 4 rings (SSSR count). The quantitative estimate of drug-likeness (QED) is 0.441. The van der Waals surface area contributed by atoms with E-state index in [-0.39, 0.29) is 28.4 Å². The zero-order valence-electron chi connectivity index (χ0n) is 17.3. The first kappa shape index (κ1) is 20.9. The van der Waals surface area contributed by atoms with Crippen LogP contribution in [0.15, 0.2) is 71.1 Å². The van der Waals surface area contributed by atoms with E-state index in [0.717, 1.165) is 0 Å². The molecule has 0 fully saturated rings. The Morgan fingerprint density at radius 2 is 1.59 bits per heavy atom.